The zero-order valence-electron chi connectivity index (χ0n) is 11.1. The van der Waals surface area contributed by atoms with E-state index in [-0.39, 0.29) is 0 Å². The van der Waals surface area contributed by atoms with Crippen LogP contribution in [0.25, 0.3) is 0 Å². The molecule has 1 N–H and O–H groups in total. The van der Waals surface area contributed by atoms with Gasteiger partial charge in [0.2, 0.25) is 5.89 Å². The van der Waals surface area contributed by atoms with E-state index in [0.717, 1.165) is 37.4 Å². The number of nitrogens with zero attached hydrogens (tertiary/aromatic N) is 3. The lowest BCUT2D eigenvalue weighted by Crippen LogP contribution is -2.39. The average molecular weight is 250 g/mol. The number of likely N-dealkylation sites (tertiary alicyclic amines) is 1. The molecule has 1 saturated heterocycles. The van der Waals surface area contributed by atoms with Gasteiger partial charge in [-0.25, -0.2) is 0 Å². The van der Waals surface area contributed by atoms with Crippen molar-refractivity contribution in [2.75, 3.05) is 19.6 Å². The second-order valence-corrected chi connectivity index (χ2v) is 5.66. The molecule has 3 rings (SSSR count). The molecule has 0 radical (unpaired) electrons. The van der Waals surface area contributed by atoms with Gasteiger partial charge in [-0.05, 0) is 44.7 Å². The summed E-state index contributed by atoms with van der Waals surface area (Å²) in [7, 11) is 0. The lowest BCUT2D eigenvalue weighted by molar-refractivity contribution is 0.160. The zero-order valence-corrected chi connectivity index (χ0v) is 11.1. The topological polar surface area (TPSA) is 54.2 Å². The molecule has 5 heteroatoms. The standard InChI is InChI=1S/C13H22N4O/c1-10-15-13(16-18-10)9-17-6-2-3-11(8-17)7-14-12-4-5-12/h11-12,14H,2-9H2,1H3. The van der Waals surface area contributed by atoms with E-state index in [0.29, 0.717) is 5.89 Å². The van der Waals surface area contributed by atoms with E-state index < -0.39 is 0 Å². The number of piperidine rings is 1. The number of hydrogen-bond donors (Lipinski definition) is 1. The van der Waals surface area contributed by atoms with Crippen molar-refractivity contribution in [3.05, 3.63) is 11.7 Å². The van der Waals surface area contributed by atoms with E-state index in [4.69, 9.17) is 4.52 Å². The fourth-order valence-corrected chi connectivity index (χ4v) is 2.69. The van der Waals surface area contributed by atoms with Crippen molar-refractivity contribution in [1.82, 2.24) is 20.4 Å². The van der Waals surface area contributed by atoms with Gasteiger partial charge in [-0.3, -0.25) is 4.90 Å². The van der Waals surface area contributed by atoms with Crippen molar-refractivity contribution in [3.63, 3.8) is 0 Å². The van der Waals surface area contributed by atoms with Gasteiger partial charge in [0.15, 0.2) is 5.82 Å². The molecule has 2 heterocycles. The van der Waals surface area contributed by atoms with Crippen LogP contribution in [0.5, 0.6) is 0 Å². The maximum absolute atomic E-state index is 5.02. The second-order valence-electron chi connectivity index (χ2n) is 5.66. The summed E-state index contributed by atoms with van der Waals surface area (Å²) in [5.41, 5.74) is 0. The molecule has 0 bridgehead atoms. The van der Waals surface area contributed by atoms with Crippen molar-refractivity contribution in [2.45, 2.75) is 45.2 Å². The largest absolute Gasteiger partial charge is 0.340 e. The molecular formula is C13H22N4O. The van der Waals surface area contributed by atoms with Crippen molar-refractivity contribution in [1.29, 1.82) is 0 Å². The molecule has 0 aromatic carbocycles. The van der Waals surface area contributed by atoms with Crippen LogP contribution >= 0.6 is 0 Å². The van der Waals surface area contributed by atoms with E-state index in [1.807, 2.05) is 6.92 Å². The Balaban J connectivity index is 1.46. The zero-order chi connectivity index (χ0) is 12.4. The molecule has 2 fully saturated rings. The SMILES string of the molecule is Cc1nc(CN2CCCC(CNC3CC3)C2)no1. The van der Waals surface area contributed by atoms with Crippen molar-refractivity contribution < 1.29 is 4.52 Å². The molecule has 1 aromatic heterocycles. The maximum Gasteiger partial charge on any atom is 0.223 e. The third kappa shape index (κ3) is 3.29. The molecule has 100 valence electrons. The minimum Gasteiger partial charge on any atom is -0.340 e. The van der Waals surface area contributed by atoms with Crippen LogP contribution in [0.2, 0.25) is 0 Å². The van der Waals surface area contributed by atoms with Gasteiger partial charge in [-0.15, -0.1) is 0 Å². The normalized spacial score (nSPS) is 25.5. The number of rotatable bonds is 5. The summed E-state index contributed by atoms with van der Waals surface area (Å²) < 4.78 is 5.02. The number of aromatic nitrogens is 2. The minimum atomic E-state index is 0.661. The smallest absolute Gasteiger partial charge is 0.223 e. The molecule has 2 aliphatic rings. The van der Waals surface area contributed by atoms with Gasteiger partial charge in [-0.1, -0.05) is 5.16 Å². The maximum atomic E-state index is 5.02. The van der Waals surface area contributed by atoms with Crippen LogP contribution in [0.3, 0.4) is 0 Å². The third-order valence-corrected chi connectivity index (χ3v) is 3.81. The van der Waals surface area contributed by atoms with Crippen LogP contribution < -0.4 is 5.32 Å². The predicted molar refractivity (Wildman–Crippen MR) is 68.1 cm³/mol. The number of aryl methyl sites for hydroxylation is 1. The Kier molecular flexibility index (Phi) is 3.61. The summed E-state index contributed by atoms with van der Waals surface area (Å²) in [4.78, 5) is 6.73. The molecule has 0 spiro atoms. The minimum absolute atomic E-state index is 0.661. The summed E-state index contributed by atoms with van der Waals surface area (Å²) in [6.45, 7) is 6.17. The van der Waals surface area contributed by atoms with Crippen molar-refractivity contribution in [2.24, 2.45) is 5.92 Å². The number of nitrogens with one attached hydrogen (secondary N) is 1. The van der Waals surface area contributed by atoms with Crippen LogP contribution in [0.4, 0.5) is 0 Å². The van der Waals surface area contributed by atoms with E-state index in [1.54, 1.807) is 0 Å². The van der Waals surface area contributed by atoms with E-state index in [9.17, 15) is 0 Å². The Morgan fingerprint density at radius 2 is 2.28 bits per heavy atom. The fourth-order valence-electron chi connectivity index (χ4n) is 2.69. The first-order valence-corrected chi connectivity index (χ1v) is 7.04. The highest BCUT2D eigenvalue weighted by Gasteiger charge is 2.25. The highest BCUT2D eigenvalue weighted by molar-refractivity contribution is 4.87. The quantitative estimate of drug-likeness (QED) is 0.854. The fraction of sp³-hybridized carbons (Fsp3) is 0.846. The van der Waals surface area contributed by atoms with E-state index >= 15 is 0 Å². The van der Waals surface area contributed by atoms with Gasteiger partial charge in [-0.2, -0.15) is 4.98 Å². The Bertz CT molecular complexity index is 388. The summed E-state index contributed by atoms with van der Waals surface area (Å²) in [6, 6.07) is 0.820. The van der Waals surface area contributed by atoms with Crippen LogP contribution in [0, 0.1) is 12.8 Å². The average Bonchev–Trinajstić information content (AvgIpc) is 3.11. The lowest BCUT2D eigenvalue weighted by Gasteiger charge is -2.32. The van der Waals surface area contributed by atoms with E-state index in [1.165, 1.54) is 32.2 Å². The monoisotopic (exact) mass is 250 g/mol. The van der Waals surface area contributed by atoms with Crippen LogP contribution in [0.1, 0.15) is 37.4 Å². The summed E-state index contributed by atoms with van der Waals surface area (Å²) in [5.74, 6) is 2.27. The first kappa shape index (κ1) is 12.1. The Morgan fingerprint density at radius 3 is 3.00 bits per heavy atom. The van der Waals surface area contributed by atoms with Gasteiger partial charge >= 0.3 is 0 Å². The molecule has 18 heavy (non-hydrogen) atoms. The summed E-state index contributed by atoms with van der Waals surface area (Å²) >= 11 is 0. The van der Waals surface area contributed by atoms with Gasteiger partial charge in [0.05, 0.1) is 6.54 Å². The van der Waals surface area contributed by atoms with E-state index in [2.05, 4.69) is 20.4 Å². The molecular weight excluding hydrogens is 228 g/mol. The van der Waals surface area contributed by atoms with Gasteiger partial charge in [0.25, 0.3) is 0 Å². The van der Waals surface area contributed by atoms with Gasteiger partial charge in [0, 0.05) is 19.5 Å². The number of hydrogen-bond acceptors (Lipinski definition) is 5. The highest BCUT2D eigenvalue weighted by atomic mass is 16.5. The lowest BCUT2D eigenvalue weighted by atomic mass is 9.98. The van der Waals surface area contributed by atoms with Crippen LogP contribution in [0.15, 0.2) is 4.52 Å². The molecule has 1 aliphatic carbocycles. The Hall–Kier alpha value is -0.940. The molecule has 1 atom stereocenters. The Labute approximate surface area is 108 Å². The Morgan fingerprint density at radius 1 is 1.39 bits per heavy atom. The van der Waals surface area contributed by atoms with Gasteiger partial charge < -0.3 is 9.84 Å². The molecule has 5 nitrogen and oxygen atoms in total. The first-order chi connectivity index (χ1) is 8.79. The molecule has 1 aliphatic heterocycles. The summed E-state index contributed by atoms with van der Waals surface area (Å²) in [6.07, 6.45) is 5.38. The molecule has 0 amide bonds. The third-order valence-electron chi connectivity index (χ3n) is 3.81. The van der Waals surface area contributed by atoms with Crippen molar-refractivity contribution in [3.8, 4) is 0 Å². The molecule has 1 aromatic rings. The van der Waals surface area contributed by atoms with Crippen LogP contribution in [-0.2, 0) is 6.54 Å². The van der Waals surface area contributed by atoms with Crippen LogP contribution in [-0.4, -0.2) is 40.7 Å². The molecule has 1 saturated carbocycles. The van der Waals surface area contributed by atoms with Gasteiger partial charge in [0.1, 0.15) is 0 Å². The summed E-state index contributed by atoms with van der Waals surface area (Å²) in [5, 5.41) is 7.61. The predicted octanol–water partition coefficient (Wildman–Crippen LogP) is 1.34. The van der Waals surface area contributed by atoms with Crippen molar-refractivity contribution >= 4 is 0 Å². The second kappa shape index (κ2) is 5.36. The molecule has 1 unspecified atom stereocenters. The first-order valence-electron chi connectivity index (χ1n) is 7.04. The highest BCUT2D eigenvalue weighted by Crippen LogP contribution is 2.21.